The molecular formula is C12H19N3OS. The fourth-order valence-corrected chi connectivity index (χ4v) is 1.67. The van der Waals surface area contributed by atoms with Gasteiger partial charge in [-0.3, -0.25) is 0 Å². The zero-order valence-corrected chi connectivity index (χ0v) is 11.3. The van der Waals surface area contributed by atoms with Crippen molar-refractivity contribution in [2.45, 2.75) is 26.3 Å². The Bertz CT molecular complexity index is 395. The van der Waals surface area contributed by atoms with E-state index < -0.39 is 0 Å². The van der Waals surface area contributed by atoms with Gasteiger partial charge in [-0.25, -0.2) is 4.98 Å². The molecule has 0 amide bonds. The number of nitrogens with one attached hydrogen (secondary N) is 1. The number of rotatable bonds is 6. The van der Waals surface area contributed by atoms with Crippen LogP contribution in [0.25, 0.3) is 0 Å². The van der Waals surface area contributed by atoms with E-state index in [2.05, 4.69) is 17.2 Å². The predicted molar refractivity (Wildman–Crippen MR) is 74.4 cm³/mol. The van der Waals surface area contributed by atoms with Crippen LogP contribution in [0.3, 0.4) is 0 Å². The first-order chi connectivity index (χ1) is 8.06. The minimum atomic E-state index is 0.244. The Hall–Kier alpha value is -1.20. The Morgan fingerprint density at radius 2 is 2.29 bits per heavy atom. The van der Waals surface area contributed by atoms with E-state index in [4.69, 9.17) is 22.7 Å². The number of aromatic nitrogens is 1. The maximum atomic E-state index is 5.62. The second-order valence-electron chi connectivity index (χ2n) is 3.95. The van der Waals surface area contributed by atoms with E-state index >= 15 is 0 Å². The lowest BCUT2D eigenvalue weighted by atomic mass is 10.2. The summed E-state index contributed by atoms with van der Waals surface area (Å²) in [6.07, 6.45) is 0.964. The number of methoxy groups -OCH3 is 1. The third-order valence-corrected chi connectivity index (χ3v) is 2.69. The highest BCUT2D eigenvalue weighted by Crippen LogP contribution is 2.12. The molecule has 0 radical (unpaired) electrons. The summed E-state index contributed by atoms with van der Waals surface area (Å²) in [5.74, 6) is 0.789. The number of hydrogen-bond acceptors (Lipinski definition) is 4. The Morgan fingerprint density at radius 1 is 1.59 bits per heavy atom. The zero-order chi connectivity index (χ0) is 12.8. The summed E-state index contributed by atoms with van der Waals surface area (Å²) in [5.41, 5.74) is 7.35. The summed E-state index contributed by atoms with van der Waals surface area (Å²) in [5, 5.41) is 3.31. The van der Waals surface area contributed by atoms with Crippen LogP contribution in [-0.2, 0) is 4.74 Å². The van der Waals surface area contributed by atoms with Gasteiger partial charge in [-0.2, -0.15) is 0 Å². The van der Waals surface area contributed by atoms with Gasteiger partial charge in [0.15, 0.2) is 0 Å². The summed E-state index contributed by atoms with van der Waals surface area (Å²) in [6, 6.07) is 3.99. The van der Waals surface area contributed by atoms with Gasteiger partial charge in [-0.15, -0.1) is 0 Å². The third-order valence-electron chi connectivity index (χ3n) is 2.45. The predicted octanol–water partition coefficient (Wildman–Crippen LogP) is 1.86. The molecule has 17 heavy (non-hydrogen) atoms. The van der Waals surface area contributed by atoms with Gasteiger partial charge in [0, 0.05) is 18.4 Å². The van der Waals surface area contributed by atoms with Crippen molar-refractivity contribution in [3.63, 3.8) is 0 Å². The number of pyridine rings is 1. The maximum Gasteiger partial charge on any atom is 0.127 e. The highest BCUT2D eigenvalue weighted by molar-refractivity contribution is 7.80. The smallest absolute Gasteiger partial charge is 0.127 e. The standard InChI is InChI=1S/C12H19N3OS/c1-4-10(7-16-3)15-11-6-9(12(13)17)5-8(2)14-11/h5-6,10H,4,7H2,1-3H3,(H2,13,17)(H,14,15). The minimum Gasteiger partial charge on any atom is -0.389 e. The quantitative estimate of drug-likeness (QED) is 0.758. The van der Waals surface area contributed by atoms with Crippen molar-refractivity contribution in [1.82, 2.24) is 4.98 Å². The van der Waals surface area contributed by atoms with Crippen molar-refractivity contribution in [3.05, 3.63) is 23.4 Å². The molecule has 3 N–H and O–H groups in total. The van der Waals surface area contributed by atoms with Crippen LogP contribution in [0.15, 0.2) is 12.1 Å². The molecule has 1 aromatic rings. The van der Waals surface area contributed by atoms with Gasteiger partial charge < -0.3 is 15.8 Å². The van der Waals surface area contributed by atoms with E-state index in [0.29, 0.717) is 11.6 Å². The van der Waals surface area contributed by atoms with Gasteiger partial charge in [-0.1, -0.05) is 19.1 Å². The number of ether oxygens (including phenoxy) is 1. The van der Waals surface area contributed by atoms with E-state index in [1.54, 1.807) is 7.11 Å². The second-order valence-corrected chi connectivity index (χ2v) is 4.39. The van der Waals surface area contributed by atoms with Crippen molar-refractivity contribution in [1.29, 1.82) is 0 Å². The number of hydrogen-bond donors (Lipinski definition) is 2. The lowest BCUT2D eigenvalue weighted by molar-refractivity contribution is 0.184. The number of thiocarbonyl (C=S) groups is 1. The van der Waals surface area contributed by atoms with E-state index in [1.807, 2.05) is 19.1 Å². The van der Waals surface area contributed by atoms with Crippen LogP contribution >= 0.6 is 12.2 Å². The van der Waals surface area contributed by atoms with Crippen molar-refractivity contribution in [2.75, 3.05) is 19.0 Å². The monoisotopic (exact) mass is 253 g/mol. The van der Waals surface area contributed by atoms with Crippen molar-refractivity contribution in [2.24, 2.45) is 5.73 Å². The van der Waals surface area contributed by atoms with Gasteiger partial charge >= 0.3 is 0 Å². The maximum absolute atomic E-state index is 5.62. The van der Waals surface area contributed by atoms with Crippen molar-refractivity contribution >= 4 is 23.0 Å². The Morgan fingerprint density at radius 3 is 2.82 bits per heavy atom. The Kier molecular flexibility index (Phi) is 5.31. The topological polar surface area (TPSA) is 60.2 Å². The fraction of sp³-hybridized carbons (Fsp3) is 0.500. The van der Waals surface area contributed by atoms with Gasteiger partial charge in [-0.05, 0) is 25.5 Å². The van der Waals surface area contributed by atoms with Crippen LogP contribution in [0.5, 0.6) is 0 Å². The van der Waals surface area contributed by atoms with Crippen LogP contribution in [0, 0.1) is 6.92 Å². The molecule has 0 saturated heterocycles. The molecule has 0 aliphatic rings. The lowest BCUT2D eigenvalue weighted by Crippen LogP contribution is -2.25. The highest BCUT2D eigenvalue weighted by Gasteiger charge is 2.08. The van der Waals surface area contributed by atoms with Crippen LogP contribution in [0.2, 0.25) is 0 Å². The van der Waals surface area contributed by atoms with Gasteiger partial charge in [0.2, 0.25) is 0 Å². The molecule has 0 saturated carbocycles. The molecule has 1 unspecified atom stereocenters. The van der Waals surface area contributed by atoms with Crippen LogP contribution in [0.1, 0.15) is 24.6 Å². The molecule has 4 nitrogen and oxygen atoms in total. The summed E-state index contributed by atoms with van der Waals surface area (Å²) in [7, 11) is 1.69. The van der Waals surface area contributed by atoms with Crippen molar-refractivity contribution < 1.29 is 4.74 Å². The first kappa shape index (κ1) is 13.9. The second kappa shape index (κ2) is 6.51. The molecular weight excluding hydrogens is 234 g/mol. The molecule has 1 atom stereocenters. The molecule has 0 bridgehead atoms. The lowest BCUT2D eigenvalue weighted by Gasteiger charge is -2.17. The first-order valence-corrected chi connectivity index (χ1v) is 6.01. The number of aryl methyl sites for hydroxylation is 1. The van der Waals surface area contributed by atoms with Gasteiger partial charge in [0.25, 0.3) is 0 Å². The number of nitrogens with zero attached hydrogens (tertiary/aromatic N) is 1. The largest absolute Gasteiger partial charge is 0.389 e. The SMILES string of the molecule is CCC(COC)Nc1cc(C(N)=S)cc(C)n1. The number of anilines is 1. The molecule has 0 aliphatic carbocycles. The molecule has 1 heterocycles. The molecule has 5 heteroatoms. The average molecular weight is 253 g/mol. The van der Waals surface area contributed by atoms with E-state index in [-0.39, 0.29) is 6.04 Å². The van der Waals surface area contributed by atoms with Gasteiger partial charge in [0.1, 0.15) is 10.8 Å². The summed E-state index contributed by atoms with van der Waals surface area (Å²) in [6.45, 7) is 4.67. The zero-order valence-electron chi connectivity index (χ0n) is 10.5. The molecule has 0 fully saturated rings. The molecule has 0 aromatic carbocycles. The summed E-state index contributed by atoms with van der Waals surface area (Å²) in [4.78, 5) is 4.79. The first-order valence-electron chi connectivity index (χ1n) is 5.60. The van der Waals surface area contributed by atoms with Gasteiger partial charge in [0.05, 0.1) is 12.6 Å². The third kappa shape index (κ3) is 4.28. The summed E-state index contributed by atoms with van der Waals surface area (Å²) >= 11 is 4.97. The number of nitrogens with two attached hydrogens (primary N) is 1. The Labute approximate surface area is 108 Å². The molecule has 94 valence electrons. The fourth-order valence-electron chi connectivity index (χ4n) is 1.56. The molecule has 1 rings (SSSR count). The normalized spacial score (nSPS) is 12.2. The Balaban J connectivity index is 2.86. The molecule has 0 spiro atoms. The molecule has 0 aliphatic heterocycles. The van der Waals surface area contributed by atoms with Crippen LogP contribution in [-0.4, -0.2) is 29.7 Å². The minimum absolute atomic E-state index is 0.244. The van der Waals surface area contributed by atoms with E-state index in [0.717, 1.165) is 23.5 Å². The summed E-state index contributed by atoms with van der Waals surface area (Å²) < 4.78 is 5.13. The van der Waals surface area contributed by atoms with Crippen LogP contribution in [0.4, 0.5) is 5.82 Å². The highest BCUT2D eigenvalue weighted by atomic mass is 32.1. The average Bonchev–Trinajstić information content (AvgIpc) is 2.27. The molecule has 1 aromatic heterocycles. The van der Waals surface area contributed by atoms with Crippen LogP contribution < -0.4 is 11.1 Å². The van der Waals surface area contributed by atoms with E-state index in [9.17, 15) is 0 Å². The van der Waals surface area contributed by atoms with Crippen molar-refractivity contribution in [3.8, 4) is 0 Å². The van der Waals surface area contributed by atoms with E-state index in [1.165, 1.54) is 0 Å².